The van der Waals surface area contributed by atoms with Gasteiger partial charge in [0, 0.05) is 5.56 Å². The van der Waals surface area contributed by atoms with Crippen LogP contribution in [0.25, 0.3) is 0 Å². The molecule has 2 rings (SSSR count). The Balaban J connectivity index is 2.36. The highest BCUT2D eigenvalue weighted by Crippen LogP contribution is 2.46. The van der Waals surface area contributed by atoms with Crippen LogP contribution >= 0.6 is 0 Å². The van der Waals surface area contributed by atoms with E-state index in [0.717, 1.165) is 18.4 Å². The van der Waals surface area contributed by atoms with Crippen LogP contribution in [0.1, 0.15) is 24.0 Å². The molecule has 1 N–H and O–H groups in total. The molecule has 1 fully saturated rings. The number of hydrogen-bond donors (Lipinski definition) is 1. The Morgan fingerprint density at radius 3 is 2.71 bits per heavy atom. The van der Waals surface area contributed by atoms with Crippen molar-refractivity contribution in [3.05, 3.63) is 29.3 Å². The molecule has 1 aliphatic carbocycles. The third-order valence-electron chi connectivity index (χ3n) is 2.69. The van der Waals surface area contributed by atoms with Crippen molar-refractivity contribution in [2.75, 3.05) is 7.11 Å². The van der Waals surface area contributed by atoms with Gasteiger partial charge in [-0.05, 0) is 30.5 Å². The third kappa shape index (κ3) is 1.48. The SMILES string of the molecule is COc1ccc(C2(O)CC2)cc1CF. The van der Waals surface area contributed by atoms with Crippen LogP contribution in [0.4, 0.5) is 4.39 Å². The number of hydrogen-bond acceptors (Lipinski definition) is 2. The van der Waals surface area contributed by atoms with E-state index in [0.29, 0.717) is 11.3 Å². The molecule has 1 aliphatic rings. The average Bonchev–Trinajstić information content (AvgIpc) is 2.97. The van der Waals surface area contributed by atoms with Crippen molar-refractivity contribution in [2.45, 2.75) is 25.1 Å². The van der Waals surface area contributed by atoms with E-state index in [1.807, 2.05) is 0 Å². The zero-order valence-corrected chi connectivity index (χ0v) is 8.09. The van der Waals surface area contributed by atoms with Crippen LogP contribution in [-0.4, -0.2) is 12.2 Å². The van der Waals surface area contributed by atoms with Gasteiger partial charge in [0.1, 0.15) is 12.4 Å². The molecule has 0 spiro atoms. The molecule has 0 atom stereocenters. The molecule has 2 nitrogen and oxygen atoms in total. The first-order chi connectivity index (χ1) is 6.69. The molecule has 1 aromatic rings. The van der Waals surface area contributed by atoms with Gasteiger partial charge in [0.05, 0.1) is 12.7 Å². The van der Waals surface area contributed by atoms with Crippen molar-refractivity contribution in [3.63, 3.8) is 0 Å². The predicted octanol–water partition coefficient (Wildman–Crippen LogP) is 2.15. The molecule has 3 heteroatoms. The maximum Gasteiger partial charge on any atom is 0.124 e. The molecule has 0 heterocycles. The number of rotatable bonds is 3. The van der Waals surface area contributed by atoms with E-state index in [1.54, 1.807) is 18.2 Å². The molecule has 0 radical (unpaired) electrons. The minimum atomic E-state index is -0.698. The largest absolute Gasteiger partial charge is 0.496 e. The van der Waals surface area contributed by atoms with Gasteiger partial charge in [-0.2, -0.15) is 0 Å². The second-order valence-electron chi connectivity index (χ2n) is 3.69. The normalized spacial score (nSPS) is 17.9. The first-order valence-corrected chi connectivity index (χ1v) is 4.65. The summed E-state index contributed by atoms with van der Waals surface area (Å²) < 4.78 is 17.6. The average molecular weight is 196 g/mol. The van der Waals surface area contributed by atoms with Gasteiger partial charge in [0.2, 0.25) is 0 Å². The molecule has 0 amide bonds. The zero-order valence-electron chi connectivity index (χ0n) is 8.09. The molecule has 0 saturated heterocycles. The number of benzene rings is 1. The lowest BCUT2D eigenvalue weighted by Crippen LogP contribution is -2.05. The molecular weight excluding hydrogens is 183 g/mol. The van der Waals surface area contributed by atoms with E-state index in [2.05, 4.69) is 0 Å². The van der Waals surface area contributed by atoms with E-state index in [4.69, 9.17) is 4.74 Å². The zero-order chi connectivity index (χ0) is 10.2. The summed E-state index contributed by atoms with van der Waals surface area (Å²) in [5, 5.41) is 9.82. The van der Waals surface area contributed by atoms with Crippen molar-refractivity contribution in [1.82, 2.24) is 0 Å². The summed E-state index contributed by atoms with van der Waals surface area (Å²) in [4.78, 5) is 0. The van der Waals surface area contributed by atoms with Crippen molar-refractivity contribution < 1.29 is 14.2 Å². The second kappa shape index (κ2) is 3.24. The van der Waals surface area contributed by atoms with E-state index < -0.39 is 12.3 Å². The van der Waals surface area contributed by atoms with Crippen LogP contribution < -0.4 is 4.74 Å². The van der Waals surface area contributed by atoms with Gasteiger partial charge in [-0.3, -0.25) is 0 Å². The first-order valence-electron chi connectivity index (χ1n) is 4.65. The fraction of sp³-hybridized carbons (Fsp3) is 0.455. The van der Waals surface area contributed by atoms with Crippen molar-refractivity contribution in [3.8, 4) is 5.75 Å². The van der Waals surface area contributed by atoms with Gasteiger partial charge in [0.25, 0.3) is 0 Å². The summed E-state index contributed by atoms with van der Waals surface area (Å²) in [7, 11) is 1.51. The highest BCUT2D eigenvalue weighted by atomic mass is 19.1. The highest BCUT2D eigenvalue weighted by Gasteiger charge is 2.42. The number of ether oxygens (including phenoxy) is 1. The standard InChI is InChI=1S/C11H13FO2/c1-14-10-3-2-9(6-8(10)7-12)11(13)4-5-11/h2-3,6,13H,4-5,7H2,1H3. The second-order valence-corrected chi connectivity index (χ2v) is 3.69. The van der Waals surface area contributed by atoms with Gasteiger partial charge < -0.3 is 9.84 Å². The highest BCUT2D eigenvalue weighted by molar-refractivity contribution is 5.40. The van der Waals surface area contributed by atoms with Crippen molar-refractivity contribution >= 4 is 0 Å². The molecule has 0 aliphatic heterocycles. The Kier molecular flexibility index (Phi) is 2.19. The number of aliphatic hydroxyl groups is 1. The predicted molar refractivity (Wildman–Crippen MR) is 50.9 cm³/mol. The Labute approximate surface area is 82.3 Å². The van der Waals surface area contributed by atoms with Crippen LogP contribution in [0.5, 0.6) is 5.75 Å². The Morgan fingerprint density at radius 1 is 1.50 bits per heavy atom. The van der Waals surface area contributed by atoms with Crippen LogP contribution in [-0.2, 0) is 12.3 Å². The monoisotopic (exact) mass is 196 g/mol. The van der Waals surface area contributed by atoms with E-state index in [-0.39, 0.29) is 0 Å². The van der Waals surface area contributed by atoms with Gasteiger partial charge in [-0.15, -0.1) is 0 Å². The summed E-state index contributed by atoms with van der Waals surface area (Å²) in [6, 6.07) is 5.19. The summed E-state index contributed by atoms with van der Waals surface area (Å²) >= 11 is 0. The minimum absolute atomic E-state index is 0.505. The molecule has 14 heavy (non-hydrogen) atoms. The molecule has 0 bridgehead atoms. The Bertz CT molecular complexity index is 345. The topological polar surface area (TPSA) is 29.5 Å². The smallest absolute Gasteiger partial charge is 0.124 e. The Hall–Kier alpha value is -1.09. The van der Waals surface area contributed by atoms with Crippen molar-refractivity contribution in [1.29, 1.82) is 0 Å². The van der Waals surface area contributed by atoms with Crippen LogP contribution in [0, 0.1) is 0 Å². The molecule has 1 aromatic carbocycles. The quantitative estimate of drug-likeness (QED) is 0.802. The van der Waals surface area contributed by atoms with Crippen LogP contribution in [0.15, 0.2) is 18.2 Å². The van der Waals surface area contributed by atoms with Gasteiger partial charge >= 0.3 is 0 Å². The fourth-order valence-electron chi connectivity index (χ4n) is 1.58. The van der Waals surface area contributed by atoms with E-state index in [9.17, 15) is 9.50 Å². The molecule has 76 valence electrons. The van der Waals surface area contributed by atoms with Crippen LogP contribution in [0.3, 0.4) is 0 Å². The molecule has 1 saturated carbocycles. The summed E-state index contributed by atoms with van der Waals surface area (Å²) in [6.07, 6.45) is 1.54. The maximum absolute atomic E-state index is 12.6. The third-order valence-corrected chi connectivity index (χ3v) is 2.69. The summed E-state index contributed by atoms with van der Waals surface area (Å²) in [6.45, 7) is -0.562. The number of halogens is 1. The Morgan fingerprint density at radius 2 is 2.21 bits per heavy atom. The number of alkyl halides is 1. The maximum atomic E-state index is 12.6. The molecule has 0 unspecified atom stereocenters. The van der Waals surface area contributed by atoms with Gasteiger partial charge in [-0.1, -0.05) is 6.07 Å². The fourth-order valence-corrected chi connectivity index (χ4v) is 1.58. The first kappa shape index (κ1) is 9.46. The van der Waals surface area contributed by atoms with E-state index >= 15 is 0 Å². The lowest BCUT2D eigenvalue weighted by atomic mass is 10.0. The van der Waals surface area contributed by atoms with Gasteiger partial charge in [-0.25, -0.2) is 4.39 Å². The lowest BCUT2D eigenvalue weighted by molar-refractivity contribution is 0.151. The minimum Gasteiger partial charge on any atom is -0.496 e. The molecule has 0 aromatic heterocycles. The van der Waals surface area contributed by atoms with Crippen molar-refractivity contribution in [2.24, 2.45) is 0 Å². The summed E-state index contributed by atoms with van der Waals surface area (Å²) in [5.41, 5.74) is 0.604. The summed E-state index contributed by atoms with van der Waals surface area (Å²) in [5.74, 6) is 0.542. The lowest BCUT2D eigenvalue weighted by Gasteiger charge is -2.11. The molecular formula is C11H13FO2. The number of methoxy groups -OCH3 is 1. The van der Waals surface area contributed by atoms with Crippen LogP contribution in [0.2, 0.25) is 0 Å². The van der Waals surface area contributed by atoms with E-state index in [1.165, 1.54) is 7.11 Å². The van der Waals surface area contributed by atoms with Gasteiger partial charge in [0.15, 0.2) is 0 Å².